The summed E-state index contributed by atoms with van der Waals surface area (Å²) in [6, 6.07) is 44.3. The van der Waals surface area contributed by atoms with Gasteiger partial charge in [-0.15, -0.1) is 0 Å². The predicted molar refractivity (Wildman–Crippen MR) is 162 cm³/mol. The second kappa shape index (κ2) is 8.36. The summed E-state index contributed by atoms with van der Waals surface area (Å²) in [5.74, 6) is 0. The largest absolute Gasteiger partial charge is 0.309 e. The average Bonchev–Trinajstić information content (AvgIpc) is 3.41. The van der Waals surface area contributed by atoms with Crippen molar-refractivity contribution >= 4 is 72.4 Å². The monoisotopic (exact) mass is 519 g/mol. The Bertz CT molecular complexity index is 2210. The Morgan fingerprint density at radius 3 is 1.92 bits per heavy atom. The minimum Gasteiger partial charge on any atom is -0.309 e. The number of hydrogen-bond acceptors (Lipinski definition) is 3. The molecule has 5 aromatic carbocycles. The van der Waals surface area contributed by atoms with Gasteiger partial charge in [0.25, 0.3) is 0 Å². The maximum Gasteiger partial charge on any atom is 0.171 e. The number of aromatic nitrogens is 3. The Morgan fingerprint density at radius 1 is 0.564 bits per heavy atom. The molecule has 3 heterocycles. The van der Waals surface area contributed by atoms with Crippen molar-refractivity contribution in [2.24, 2.45) is 0 Å². The zero-order valence-electron chi connectivity index (χ0n) is 20.9. The lowest BCUT2D eigenvalue weighted by atomic mass is 10.1. The minimum atomic E-state index is -3.28. The summed E-state index contributed by atoms with van der Waals surface area (Å²) in [6.45, 7) is 0. The van der Waals surface area contributed by atoms with E-state index in [4.69, 9.17) is 9.97 Å². The molecular formula is C34H22N3OP. The second-order valence-electron chi connectivity index (χ2n) is 9.79. The third-order valence-corrected chi connectivity index (χ3v) is 10.7. The first-order chi connectivity index (χ1) is 19.2. The van der Waals surface area contributed by atoms with Crippen molar-refractivity contribution < 1.29 is 4.57 Å². The number of imidazole rings is 1. The maximum absolute atomic E-state index is 15.6. The molecule has 8 rings (SSSR count). The van der Waals surface area contributed by atoms with Crippen molar-refractivity contribution in [3.8, 4) is 0 Å². The zero-order chi connectivity index (χ0) is 26.0. The Morgan fingerprint density at radius 2 is 1.18 bits per heavy atom. The highest BCUT2D eigenvalue weighted by Crippen LogP contribution is 2.46. The third kappa shape index (κ3) is 3.16. The van der Waals surface area contributed by atoms with Crippen LogP contribution in [0.4, 0.5) is 0 Å². The molecule has 0 fully saturated rings. The number of benzene rings is 5. The summed E-state index contributed by atoms with van der Waals surface area (Å²) in [4.78, 5) is 10.3. The van der Waals surface area contributed by atoms with Gasteiger partial charge in [0.2, 0.25) is 0 Å². The van der Waals surface area contributed by atoms with Crippen LogP contribution < -0.4 is 15.9 Å². The van der Waals surface area contributed by atoms with Crippen LogP contribution in [0, 0.1) is 0 Å². The van der Waals surface area contributed by atoms with Crippen LogP contribution in [0.25, 0.3) is 49.4 Å². The van der Waals surface area contributed by atoms with E-state index < -0.39 is 7.14 Å². The first kappa shape index (κ1) is 22.2. The molecule has 3 aromatic heterocycles. The van der Waals surface area contributed by atoms with E-state index in [0.717, 1.165) is 65.3 Å². The van der Waals surface area contributed by atoms with Crippen molar-refractivity contribution in [1.82, 2.24) is 14.4 Å². The fourth-order valence-electron chi connectivity index (χ4n) is 5.85. The first-order valence-corrected chi connectivity index (χ1v) is 14.7. The number of nitrogens with zero attached hydrogens (tertiary/aromatic N) is 3. The molecule has 5 heteroatoms. The smallest absolute Gasteiger partial charge is 0.171 e. The number of para-hydroxylation sites is 3. The molecule has 39 heavy (non-hydrogen) atoms. The highest BCUT2D eigenvalue weighted by molar-refractivity contribution is 7.85. The molecule has 0 unspecified atom stereocenters. The number of hydrogen-bond donors (Lipinski definition) is 0. The van der Waals surface area contributed by atoms with Gasteiger partial charge in [-0.25, -0.2) is 9.97 Å². The lowest BCUT2D eigenvalue weighted by Gasteiger charge is -2.22. The average molecular weight is 520 g/mol. The van der Waals surface area contributed by atoms with E-state index in [9.17, 15) is 0 Å². The van der Waals surface area contributed by atoms with E-state index in [1.807, 2.05) is 109 Å². The van der Waals surface area contributed by atoms with E-state index in [2.05, 4.69) is 28.7 Å². The minimum absolute atomic E-state index is 0.782. The molecule has 184 valence electrons. The van der Waals surface area contributed by atoms with Crippen LogP contribution in [0.2, 0.25) is 0 Å². The van der Waals surface area contributed by atoms with Gasteiger partial charge in [-0.2, -0.15) is 0 Å². The van der Waals surface area contributed by atoms with Crippen molar-refractivity contribution in [3.05, 3.63) is 133 Å². The van der Waals surface area contributed by atoms with Gasteiger partial charge in [0, 0.05) is 32.1 Å². The Kier molecular flexibility index (Phi) is 4.76. The van der Waals surface area contributed by atoms with E-state index >= 15 is 4.57 Å². The lowest BCUT2D eigenvalue weighted by molar-refractivity contribution is 0.592. The van der Waals surface area contributed by atoms with Crippen molar-refractivity contribution in [3.63, 3.8) is 0 Å². The number of pyridine rings is 2. The van der Waals surface area contributed by atoms with Gasteiger partial charge in [-0.05, 0) is 30.3 Å². The van der Waals surface area contributed by atoms with Gasteiger partial charge in [-0.1, -0.05) is 103 Å². The van der Waals surface area contributed by atoms with Gasteiger partial charge in [0.1, 0.15) is 5.65 Å². The van der Waals surface area contributed by atoms with Crippen LogP contribution in [-0.2, 0) is 4.57 Å². The standard InChI is InChI=1S/C34H22N3OP/c38-39(24-13-3-1-4-14-24,25-15-5-2-6-16-25)31-21-11-20-30-32(31)33-26(22-23-12-7-8-17-27(23)35-33)34-36-28-18-9-10-19-29(28)37(30)34/h1-22H. The van der Waals surface area contributed by atoms with Crippen LogP contribution in [-0.4, -0.2) is 14.4 Å². The summed E-state index contributed by atoms with van der Waals surface area (Å²) >= 11 is 0. The molecule has 0 saturated heterocycles. The molecule has 0 aliphatic carbocycles. The lowest BCUT2D eigenvalue weighted by Crippen LogP contribution is -2.26. The molecular weight excluding hydrogens is 497 g/mol. The van der Waals surface area contributed by atoms with Crippen molar-refractivity contribution in [2.45, 2.75) is 0 Å². The van der Waals surface area contributed by atoms with Gasteiger partial charge in [-0.3, -0.25) is 4.40 Å². The van der Waals surface area contributed by atoms with E-state index in [0.29, 0.717) is 0 Å². The van der Waals surface area contributed by atoms with E-state index in [-0.39, 0.29) is 0 Å². The van der Waals surface area contributed by atoms with E-state index in [1.54, 1.807) is 0 Å². The number of fused-ring (bicyclic) bond motifs is 9. The molecule has 4 nitrogen and oxygen atoms in total. The fourth-order valence-corrected chi connectivity index (χ4v) is 8.72. The zero-order valence-corrected chi connectivity index (χ0v) is 21.8. The molecule has 0 N–H and O–H groups in total. The van der Waals surface area contributed by atoms with Gasteiger partial charge >= 0.3 is 0 Å². The fraction of sp³-hybridized carbons (Fsp3) is 0. The summed E-state index contributed by atoms with van der Waals surface area (Å²) < 4.78 is 17.8. The molecule has 8 aromatic rings. The molecule has 0 bridgehead atoms. The molecule has 0 spiro atoms. The van der Waals surface area contributed by atoms with Gasteiger partial charge in [0.15, 0.2) is 7.14 Å². The normalized spacial score (nSPS) is 12.2. The van der Waals surface area contributed by atoms with Crippen LogP contribution in [0.5, 0.6) is 0 Å². The highest BCUT2D eigenvalue weighted by atomic mass is 31.2. The van der Waals surface area contributed by atoms with Crippen LogP contribution in [0.1, 0.15) is 0 Å². The second-order valence-corrected chi connectivity index (χ2v) is 12.5. The van der Waals surface area contributed by atoms with Gasteiger partial charge in [0.05, 0.1) is 27.6 Å². The van der Waals surface area contributed by atoms with Crippen LogP contribution in [0.15, 0.2) is 133 Å². The number of rotatable bonds is 3. The summed E-state index contributed by atoms with van der Waals surface area (Å²) in [5, 5.41) is 5.26. The topological polar surface area (TPSA) is 47.3 Å². The van der Waals surface area contributed by atoms with Crippen molar-refractivity contribution in [1.29, 1.82) is 0 Å². The summed E-state index contributed by atoms with van der Waals surface area (Å²) in [7, 11) is -3.28. The Hall–Kier alpha value is -4.79. The summed E-state index contributed by atoms with van der Waals surface area (Å²) in [6.07, 6.45) is 0. The van der Waals surface area contributed by atoms with E-state index in [1.165, 1.54) is 0 Å². The molecule has 0 radical (unpaired) electrons. The quantitative estimate of drug-likeness (QED) is 0.144. The van der Waals surface area contributed by atoms with Crippen molar-refractivity contribution in [2.75, 3.05) is 0 Å². The molecule has 0 amide bonds. The Labute approximate surface area is 224 Å². The van der Waals surface area contributed by atoms with Crippen LogP contribution in [0.3, 0.4) is 0 Å². The SMILES string of the molecule is O=P(c1ccccc1)(c1ccccc1)c1cccc2c1c1nc3ccccc3cc1c1nc3ccccc3n21. The van der Waals surface area contributed by atoms with Gasteiger partial charge < -0.3 is 4.57 Å². The maximum atomic E-state index is 15.6. The summed E-state index contributed by atoms with van der Waals surface area (Å²) in [5.41, 5.74) is 5.44. The highest BCUT2D eigenvalue weighted by Gasteiger charge is 2.33. The predicted octanol–water partition coefficient (Wildman–Crippen LogP) is 6.98. The first-order valence-electron chi connectivity index (χ1n) is 13.0. The van der Waals surface area contributed by atoms with Crippen LogP contribution >= 0.6 is 7.14 Å². The molecule has 0 atom stereocenters. The molecule has 0 saturated carbocycles. The molecule has 0 aliphatic rings. The molecule has 0 aliphatic heterocycles. The Balaban J connectivity index is 1.65. The third-order valence-electron chi connectivity index (χ3n) is 7.60.